The summed E-state index contributed by atoms with van der Waals surface area (Å²) in [6.07, 6.45) is 1.29. The lowest BCUT2D eigenvalue weighted by atomic mass is 10.4. The van der Waals surface area contributed by atoms with Crippen molar-refractivity contribution < 1.29 is 4.79 Å². The Morgan fingerprint density at radius 2 is 2.19 bits per heavy atom. The predicted octanol–water partition coefficient (Wildman–Crippen LogP) is 2.41. The fraction of sp³-hybridized carbons (Fsp3) is 0.600. The molecule has 4 nitrogen and oxygen atoms in total. The van der Waals surface area contributed by atoms with Gasteiger partial charge in [0.25, 0.3) is 0 Å². The van der Waals surface area contributed by atoms with E-state index < -0.39 is 0 Å². The molecule has 0 saturated carbocycles. The van der Waals surface area contributed by atoms with Crippen molar-refractivity contribution in [2.75, 3.05) is 6.54 Å². The molecule has 90 valence electrons. The summed E-state index contributed by atoms with van der Waals surface area (Å²) in [5.74, 6) is 0.0563. The van der Waals surface area contributed by atoms with Crippen molar-refractivity contribution in [3.8, 4) is 0 Å². The van der Waals surface area contributed by atoms with Crippen LogP contribution in [0.3, 0.4) is 0 Å². The molecule has 0 aliphatic carbocycles. The Hall–Kier alpha value is -0.740. The summed E-state index contributed by atoms with van der Waals surface area (Å²) in [5, 5.41) is 7.93. The molecule has 0 aliphatic rings. The maximum atomic E-state index is 11.0. The van der Waals surface area contributed by atoms with Crippen LogP contribution in [-0.2, 0) is 11.3 Å². The average Bonchev–Trinajstić information content (AvgIpc) is 2.52. The Bertz CT molecular complexity index is 376. The number of nitrogens with one attached hydrogen (secondary N) is 1. The van der Waals surface area contributed by atoms with E-state index in [9.17, 15) is 4.79 Å². The standard InChI is InChI=1S/C10H15Cl2N3O/c1-3-8(16)13-5-4-6-15-10(12)9(11)7(2)14-15/h3-6H2,1-2H3,(H,13,16). The number of nitrogens with zero attached hydrogens (tertiary/aromatic N) is 2. The first kappa shape index (κ1) is 13.3. The van der Waals surface area contributed by atoms with Crippen molar-refractivity contribution in [2.24, 2.45) is 0 Å². The lowest BCUT2D eigenvalue weighted by molar-refractivity contribution is -0.120. The SMILES string of the molecule is CCC(=O)NCCCn1nc(C)c(Cl)c1Cl. The van der Waals surface area contributed by atoms with E-state index in [-0.39, 0.29) is 5.91 Å². The summed E-state index contributed by atoms with van der Waals surface area (Å²) in [6.45, 7) is 4.91. The Kier molecular flexibility index (Phi) is 5.09. The van der Waals surface area contributed by atoms with Crippen LogP contribution in [0.15, 0.2) is 0 Å². The van der Waals surface area contributed by atoms with Gasteiger partial charge in [-0.05, 0) is 13.3 Å². The molecule has 1 aromatic heterocycles. The van der Waals surface area contributed by atoms with Gasteiger partial charge in [-0.25, -0.2) is 0 Å². The van der Waals surface area contributed by atoms with Crippen molar-refractivity contribution in [3.05, 3.63) is 15.9 Å². The van der Waals surface area contributed by atoms with Crippen LogP contribution in [0.25, 0.3) is 0 Å². The number of hydrogen-bond acceptors (Lipinski definition) is 2. The highest BCUT2D eigenvalue weighted by Gasteiger charge is 2.10. The van der Waals surface area contributed by atoms with Gasteiger partial charge in [0.15, 0.2) is 0 Å². The molecule has 0 unspecified atom stereocenters. The van der Waals surface area contributed by atoms with Crippen molar-refractivity contribution in [3.63, 3.8) is 0 Å². The van der Waals surface area contributed by atoms with E-state index in [0.717, 1.165) is 12.1 Å². The van der Waals surface area contributed by atoms with E-state index in [0.29, 0.717) is 29.7 Å². The average molecular weight is 264 g/mol. The fourth-order valence-electron chi connectivity index (χ4n) is 1.26. The molecular formula is C10H15Cl2N3O. The second kappa shape index (κ2) is 6.11. The first-order valence-electron chi connectivity index (χ1n) is 5.21. The smallest absolute Gasteiger partial charge is 0.219 e. The Labute approximate surface area is 105 Å². The molecule has 0 atom stereocenters. The molecule has 0 spiro atoms. The monoisotopic (exact) mass is 263 g/mol. The van der Waals surface area contributed by atoms with Crippen molar-refractivity contribution >= 4 is 29.1 Å². The van der Waals surface area contributed by atoms with Gasteiger partial charge >= 0.3 is 0 Å². The zero-order chi connectivity index (χ0) is 12.1. The zero-order valence-electron chi connectivity index (χ0n) is 9.39. The summed E-state index contributed by atoms with van der Waals surface area (Å²) in [5.41, 5.74) is 0.726. The Morgan fingerprint density at radius 3 is 2.69 bits per heavy atom. The largest absolute Gasteiger partial charge is 0.356 e. The van der Waals surface area contributed by atoms with Crippen LogP contribution in [0.2, 0.25) is 10.2 Å². The third-order valence-corrected chi connectivity index (χ3v) is 3.12. The normalized spacial score (nSPS) is 10.5. The number of amides is 1. The van der Waals surface area contributed by atoms with Gasteiger partial charge in [0.2, 0.25) is 5.91 Å². The number of aromatic nitrogens is 2. The molecule has 6 heteroatoms. The van der Waals surface area contributed by atoms with E-state index in [1.807, 2.05) is 13.8 Å². The summed E-state index contributed by atoms with van der Waals surface area (Å²) < 4.78 is 1.65. The van der Waals surface area contributed by atoms with Crippen molar-refractivity contribution in [2.45, 2.75) is 33.2 Å². The predicted molar refractivity (Wildman–Crippen MR) is 64.9 cm³/mol. The Morgan fingerprint density at radius 1 is 1.50 bits per heavy atom. The minimum absolute atomic E-state index is 0.0563. The highest BCUT2D eigenvalue weighted by Crippen LogP contribution is 2.24. The number of halogens is 2. The highest BCUT2D eigenvalue weighted by atomic mass is 35.5. The van der Waals surface area contributed by atoms with Gasteiger partial charge in [0, 0.05) is 19.5 Å². The molecule has 1 heterocycles. The van der Waals surface area contributed by atoms with Gasteiger partial charge in [-0.1, -0.05) is 30.1 Å². The maximum absolute atomic E-state index is 11.0. The van der Waals surface area contributed by atoms with Gasteiger partial charge in [-0.15, -0.1) is 0 Å². The van der Waals surface area contributed by atoms with Crippen LogP contribution in [0.4, 0.5) is 0 Å². The molecule has 1 aromatic rings. The zero-order valence-corrected chi connectivity index (χ0v) is 10.9. The number of hydrogen-bond donors (Lipinski definition) is 1. The van der Waals surface area contributed by atoms with Gasteiger partial charge in [0.1, 0.15) is 10.2 Å². The van der Waals surface area contributed by atoms with Crippen molar-refractivity contribution in [1.82, 2.24) is 15.1 Å². The van der Waals surface area contributed by atoms with Crippen LogP contribution in [0.5, 0.6) is 0 Å². The summed E-state index contributed by atoms with van der Waals surface area (Å²) in [7, 11) is 0. The number of carbonyl (C=O) groups excluding carboxylic acids is 1. The Balaban J connectivity index is 2.38. The van der Waals surface area contributed by atoms with Gasteiger partial charge < -0.3 is 5.32 Å². The third kappa shape index (κ3) is 3.39. The number of carbonyl (C=O) groups is 1. The molecule has 0 fully saturated rings. The third-order valence-electron chi connectivity index (χ3n) is 2.19. The van der Waals surface area contributed by atoms with E-state index in [1.165, 1.54) is 0 Å². The van der Waals surface area contributed by atoms with Gasteiger partial charge in [0.05, 0.1) is 5.69 Å². The molecule has 0 radical (unpaired) electrons. The fourth-order valence-corrected chi connectivity index (χ4v) is 1.66. The van der Waals surface area contributed by atoms with Gasteiger partial charge in [-0.3, -0.25) is 9.48 Å². The lowest BCUT2D eigenvalue weighted by Gasteiger charge is -2.04. The maximum Gasteiger partial charge on any atom is 0.219 e. The quantitative estimate of drug-likeness (QED) is 0.830. The topological polar surface area (TPSA) is 46.9 Å². The van der Waals surface area contributed by atoms with Crippen LogP contribution in [0, 0.1) is 6.92 Å². The molecule has 0 aromatic carbocycles. The van der Waals surface area contributed by atoms with Crippen molar-refractivity contribution in [1.29, 1.82) is 0 Å². The first-order valence-corrected chi connectivity index (χ1v) is 5.97. The second-order valence-corrected chi connectivity index (χ2v) is 4.21. The minimum atomic E-state index is 0.0563. The second-order valence-electron chi connectivity index (χ2n) is 3.47. The summed E-state index contributed by atoms with van der Waals surface area (Å²) >= 11 is 11.9. The van der Waals surface area contributed by atoms with E-state index in [2.05, 4.69) is 10.4 Å². The van der Waals surface area contributed by atoms with Gasteiger partial charge in [-0.2, -0.15) is 5.10 Å². The molecule has 0 aliphatic heterocycles. The van der Waals surface area contributed by atoms with Crippen LogP contribution >= 0.6 is 23.2 Å². The summed E-state index contributed by atoms with van der Waals surface area (Å²) in [4.78, 5) is 11.0. The lowest BCUT2D eigenvalue weighted by Crippen LogP contribution is -2.24. The van der Waals surface area contributed by atoms with E-state index >= 15 is 0 Å². The van der Waals surface area contributed by atoms with Crippen LogP contribution in [-0.4, -0.2) is 22.2 Å². The molecule has 0 saturated heterocycles. The molecule has 1 N–H and O–H groups in total. The van der Waals surface area contributed by atoms with Crippen LogP contribution < -0.4 is 5.32 Å². The summed E-state index contributed by atoms with van der Waals surface area (Å²) in [6, 6.07) is 0. The molecular weight excluding hydrogens is 249 g/mol. The molecule has 1 amide bonds. The molecule has 0 bridgehead atoms. The first-order chi connectivity index (χ1) is 7.56. The number of aryl methyl sites for hydroxylation is 2. The van der Waals surface area contributed by atoms with E-state index in [4.69, 9.17) is 23.2 Å². The highest BCUT2D eigenvalue weighted by molar-refractivity contribution is 6.41. The number of rotatable bonds is 5. The molecule has 16 heavy (non-hydrogen) atoms. The molecule has 1 rings (SSSR count). The van der Waals surface area contributed by atoms with Crippen LogP contribution in [0.1, 0.15) is 25.5 Å². The van der Waals surface area contributed by atoms with E-state index in [1.54, 1.807) is 4.68 Å². The minimum Gasteiger partial charge on any atom is -0.356 e.